The quantitative estimate of drug-likeness (QED) is 0.443. The summed E-state index contributed by atoms with van der Waals surface area (Å²) in [6.07, 6.45) is -3.23. The average molecular weight is 607 g/mol. The van der Waals surface area contributed by atoms with Crippen LogP contribution in [0.4, 0.5) is 33.5 Å². The number of alkyl halides is 3. The topological polar surface area (TPSA) is 96.9 Å². The molecule has 43 heavy (non-hydrogen) atoms. The van der Waals surface area contributed by atoms with Crippen molar-refractivity contribution in [1.82, 2.24) is 14.5 Å². The predicted octanol–water partition coefficient (Wildman–Crippen LogP) is 3.66. The van der Waals surface area contributed by atoms with Gasteiger partial charge in [-0.3, -0.25) is 14.2 Å². The number of piperazine rings is 1. The highest BCUT2D eigenvalue weighted by Gasteiger charge is 2.37. The van der Waals surface area contributed by atoms with Gasteiger partial charge in [-0.05, 0) is 33.0 Å². The minimum absolute atomic E-state index is 0.0233. The normalized spacial score (nSPS) is 20.0. The van der Waals surface area contributed by atoms with Crippen molar-refractivity contribution >= 4 is 17.4 Å². The zero-order valence-corrected chi connectivity index (χ0v) is 23.8. The number of rotatable bonds is 5. The second kappa shape index (κ2) is 11.6. The molecule has 0 spiro atoms. The molecular formula is C29H31F5N6O3. The molecule has 4 heterocycles. The van der Waals surface area contributed by atoms with Crippen LogP contribution >= 0.6 is 0 Å². The molecule has 2 unspecified atom stereocenters. The Labute approximate surface area is 244 Å². The zero-order chi connectivity index (χ0) is 31.2. The lowest BCUT2D eigenvalue weighted by atomic mass is 10.0. The number of nitrogens with zero attached hydrogens (tertiary/aromatic N) is 5. The molecule has 0 radical (unpaired) electrons. The molecule has 2 atom stereocenters. The van der Waals surface area contributed by atoms with Crippen LogP contribution < -0.4 is 21.1 Å². The number of pyridine rings is 2. The fourth-order valence-corrected chi connectivity index (χ4v) is 5.48. The maximum atomic E-state index is 16.6. The number of anilines is 2. The van der Waals surface area contributed by atoms with Crippen LogP contribution in [0.25, 0.3) is 16.8 Å². The molecule has 2 saturated heterocycles. The summed E-state index contributed by atoms with van der Waals surface area (Å²) >= 11 is 0. The number of ether oxygens (including phenoxy) is 1. The predicted molar refractivity (Wildman–Crippen MR) is 151 cm³/mol. The summed E-state index contributed by atoms with van der Waals surface area (Å²) in [5, 5.41) is 0. The second-order valence-corrected chi connectivity index (χ2v) is 10.9. The Morgan fingerprint density at radius 2 is 1.81 bits per heavy atom. The molecule has 1 aromatic carbocycles. The molecule has 9 nitrogen and oxygen atoms in total. The molecule has 1 amide bonds. The molecule has 14 heteroatoms. The molecule has 3 aromatic rings. The fourth-order valence-electron chi connectivity index (χ4n) is 5.48. The number of halogens is 5. The lowest BCUT2D eigenvalue weighted by Crippen LogP contribution is -2.50. The highest BCUT2D eigenvalue weighted by atomic mass is 19.4. The Morgan fingerprint density at radius 3 is 2.42 bits per heavy atom. The number of hydrogen-bond acceptors (Lipinski definition) is 7. The largest absolute Gasteiger partial charge is 0.417 e. The second-order valence-electron chi connectivity index (χ2n) is 10.9. The fraction of sp³-hybridized carbons (Fsp3) is 0.414. The van der Waals surface area contributed by atoms with Crippen LogP contribution in [-0.4, -0.2) is 78.9 Å². The molecule has 2 N–H and O–H groups in total. The summed E-state index contributed by atoms with van der Waals surface area (Å²) in [7, 11) is 1.89. The molecule has 2 aromatic heterocycles. The number of morpholine rings is 1. The van der Waals surface area contributed by atoms with Crippen molar-refractivity contribution in [1.29, 1.82) is 0 Å². The van der Waals surface area contributed by atoms with Gasteiger partial charge in [0.05, 0.1) is 35.1 Å². The van der Waals surface area contributed by atoms with Crippen molar-refractivity contribution < 1.29 is 31.5 Å². The summed E-state index contributed by atoms with van der Waals surface area (Å²) in [5.74, 6) is -3.04. The number of aromatic nitrogens is 2. The van der Waals surface area contributed by atoms with E-state index in [2.05, 4.69) is 4.98 Å². The Kier molecular flexibility index (Phi) is 8.18. The minimum atomic E-state index is -5.07. The van der Waals surface area contributed by atoms with Gasteiger partial charge in [0.2, 0.25) is 0 Å². The first-order chi connectivity index (χ1) is 20.3. The van der Waals surface area contributed by atoms with Gasteiger partial charge in [0.25, 0.3) is 11.5 Å². The molecule has 2 aliphatic heterocycles. The first kappa shape index (κ1) is 30.4. The highest BCUT2D eigenvalue weighted by Crippen LogP contribution is 2.38. The van der Waals surface area contributed by atoms with E-state index in [1.165, 1.54) is 12.3 Å². The van der Waals surface area contributed by atoms with E-state index in [4.69, 9.17) is 10.5 Å². The van der Waals surface area contributed by atoms with Gasteiger partial charge in [0.1, 0.15) is 17.3 Å². The number of carbonyl (C=O) groups excluding carboxylic acids is 1. The molecule has 0 bridgehead atoms. The Hall–Kier alpha value is -4.04. The maximum Gasteiger partial charge on any atom is 0.417 e. The van der Waals surface area contributed by atoms with Crippen LogP contribution in [-0.2, 0) is 10.9 Å². The van der Waals surface area contributed by atoms with E-state index in [9.17, 15) is 22.8 Å². The maximum absolute atomic E-state index is 16.6. The Morgan fingerprint density at radius 1 is 1.07 bits per heavy atom. The molecule has 0 saturated carbocycles. The van der Waals surface area contributed by atoms with Gasteiger partial charge in [0.15, 0.2) is 5.82 Å². The van der Waals surface area contributed by atoms with Crippen molar-refractivity contribution in [2.75, 3.05) is 56.2 Å². The summed E-state index contributed by atoms with van der Waals surface area (Å²) in [4.78, 5) is 35.3. The minimum Gasteiger partial charge on any atom is -0.375 e. The molecule has 230 valence electrons. The lowest BCUT2D eigenvalue weighted by molar-refractivity contribution is -0.138. The van der Waals surface area contributed by atoms with Gasteiger partial charge >= 0.3 is 6.18 Å². The van der Waals surface area contributed by atoms with Crippen LogP contribution in [0, 0.1) is 11.6 Å². The van der Waals surface area contributed by atoms with Crippen LogP contribution in [0.3, 0.4) is 0 Å². The molecule has 2 fully saturated rings. The third-order valence-corrected chi connectivity index (χ3v) is 7.94. The SMILES string of the molecule is CC1CN(c2ccc(-c3c(F)cc(N4CCN(C)C(C)C4)c(-n4cc(C(N)=O)c(C(F)(F)F)cc4=O)c3F)cn2)CCO1. The highest BCUT2D eigenvalue weighted by molar-refractivity contribution is 5.94. The smallest absolute Gasteiger partial charge is 0.375 e. The van der Waals surface area contributed by atoms with Gasteiger partial charge in [-0.25, -0.2) is 13.8 Å². The van der Waals surface area contributed by atoms with E-state index < -0.39 is 51.7 Å². The molecule has 0 aliphatic carbocycles. The molecule has 2 aliphatic rings. The number of carbonyl (C=O) groups is 1. The monoisotopic (exact) mass is 606 g/mol. The third kappa shape index (κ3) is 5.93. The summed E-state index contributed by atoms with van der Waals surface area (Å²) in [6.45, 7) is 6.64. The van der Waals surface area contributed by atoms with Gasteiger partial charge in [-0.2, -0.15) is 13.2 Å². The van der Waals surface area contributed by atoms with Crippen molar-refractivity contribution in [2.24, 2.45) is 5.73 Å². The standard InChI is InChI=1S/C29H31F5N6O3/c1-16-13-38(7-6-37(16)3)22-11-21(30)25(18-4-5-23(36-12-18)39-8-9-43-17(2)14-39)26(31)27(22)40-15-19(28(35)42)20(10-24(40)41)29(32,33)34/h4-5,10-12,15-17H,6-9,13-14H2,1-3H3,(H2,35,42). The summed E-state index contributed by atoms with van der Waals surface area (Å²) < 4.78 is 79.6. The number of nitrogens with two attached hydrogens (primary N) is 1. The van der Waals surface area contributed by atoms with E-state index in [0.717, 1.165) is 6.07 Å². The van der Waals surface area contributed by atoms with Crippen LogP contribution in [0.5, 0.6) is 0 Å². The zero-order valence-electron chi connectivity index (χ0n) is 23.8. The first-order valence-electron chi connectivity index (χ1n) is 13.7. The van der Waals surface area contributed by atoms with Crippen LogP contribution in [0.15, 0.2) is 41.5 Å². The average Bonchev–Trinajstić information content (AvgIpc) is 2.94. The number of benzene rings is 1. The molecular weight excluding hydrogens is 575 g/mol. The van der Waals surface area contributed by atoms with E-state index in [0.29, 0.717) is 55.9 Å². The van der Waals surface area contributed by atoms with Crippen LogP contribution in [0.2, 0.25) is 0 Å². The van der Waals surface area contributed by atoms with E-state index >= 15 is 8.78 Å². The number of primary amides is 1. The lowest BCUT2D eigenvalue weighted by Gasteiger charge is -2.40. The third-order valence-electron chi connectivity index (χ3n) is 7.94. The summed E-state index contributed by atoms with van der Waals surface area (Å²) in [6, 6.07) is 4.29. The number of likely N-dealkylation sites (N-methyl/N-ethyl adjacent to an activating group) is 1. The van der Waals surface area contributed by atoms with E-state index in [1.807, 2.05) is 30.7 Å². The van der Waals surface area contributed by atoms with Crippen molar-refractivity contribution in [3.63, 3.8) is 0 Å². The number of amides is 1. The van der Waals surface area contributed by atoms with Crippen molar-refractivity contribution in [2.45, 2.75) is 32.2 Å². The summed E-state index contributed by atoms with van der Waals surface area (Å²) in [5.41, 5.74) is 0.375. The van der Waals surface area contributed by atoms with Crippen LogP contribution in [0.1, 0.15) is 29.8 Å². The van der Waals surface area contributed by atoms with Gasteiger partial charge in [0, 0.05) is 68.9 Å². The van der Waals surface area contributed by atoms with Crippen molar-refractivity contribution in [3.8, 4) is 16.8 Å². The van der Waals surface area contributed by atoms with Gasteiger partial charge in [-0.1, -0.05) is 0 Å². The Balaban J connectivity index is 1.69. The Bertz CT molecular complexity index is 1590. The van der Waals surface area contributed by atoms with E-state index in [1.54, 1.807) is 11.0 Å². The molecule has 5 rings (SSSR count). The van der Waals surface area contributed by atoms with Gasteiger partial charge < -0.3 is 25.2 Å². The van der Waals surface area contributed by atoms with E-state index in [-0.39, 0.29) is 29.5 Å². The van der Waals surface area contributed by atoms with Crippen molar-refractivity contribution in [3.05, 3.63) is 69.8 Å². The van der Waals surface area contributed by atoms with Gasteiger partial charge in [-0.15, -0.1) is 0 Å². The first-order valence-corrected chi connectivity index (χ1v) is 13.7. The number of hydrogen-bond donors (Lipinski definition) is 1.